The van der Waals surface area contributed by atoms with Gasteiger partial charge in [0.2, 0.25) is 0 Å². The Bertz CT molecular complexity index is 677. The number of halogens is 1. The fourth-order valence-electron chi connectivity index (χ4n) is 3.25. The number of aromatic nitrogens is 3. The van der Waals surface area contributed by atoms with Crippen molar-refractivity contribution in [3.8, 4) is 0 Å². The van der Waals surface area contributed by atoms with Crippen LogP contribution in [-0.2, 0) is 6.42 Å². The molecule has 1 saturated carbocycles. The van der Waals surface area contributed by atoms with E-state index >= 15 is 0 Å². The first kappa shape index (κ1) is 15.7. The molecule has 4 nitrogen and oxygen atoms in total. The van der Waals surface area contributed by atoms with Crippen molar-refractivity contribution >= 4 is 29.0 Å². The Kier molecular flexibility index (Phi) is 4.14. The lowest BCUT2D eigenvalue weighted by Gasteiger charge is -2.48. The van der Waals surface area contributed by atoms with E-state index < -0.39 is 5.60 Å². The summed E-state index contributed by atoms with van der Waals surface area (Å²) >= 11 is 7.56. The molecule has 118 valence electrons. The molecule has 0 spiro atoms. The molecule has 0 aliphatic heterocycles. The van der Waals surface area contributed by atoms with Crippen LogP contribution in [0.1, 0.15) is 43.8 Å². The van der Waals surface area contributed by atoms with Crippen LogP contribution in [0.4, 0.5) is 0 Å². The molecule has 6 heteroatoms. The Morgan fingerprint density at radius 3 is 2.91 bits per heavy atom. The number of nitrogens with zero attached hydrogens (tertiary/aromatic N) is 2. The Hall–Kier alpha value is -1.17. The van der Waals surface area contributed by atoms with Gasteiger partial charge < -0.3 is 5.11 Å². The number of aliphatic hydroxyl groups is 1. The van der Waals surface area contributed by atoms with Gasteiger partial charge in [0.15, 0.2) is 0 Å². The van der Waals surface area contributed by atoms with Gasteiger partial charge in [0, 0.05) is 11.3 Å². The predicted octanol–water partition coefficient (Wildman–Crippen LogP) is 4.09. The molecule has 22 heavy (non-hydrogen) atoms. The van der Waals surface area contributed by atoms with E-state index in [0.717, 1.165) is 34.0 Å². The molecule has 0 amide bonds. The lowest BCUT2D eigenvalue weighted by Crippen LogP contribution is -2.50. The fraction of sp³-hybridized carbons (Fsp3) is 0.500. The van der Waals surface area contributed by atoms with Crippen molar-refractivity contribution in [3.05, 3.63) is 39.1 Å². The molecule has 2 aromatic heterocycles. The second-order valence-electron chi connectivity index (χ2n) is 6.52. The standard InChI is InChI=1S/C16H20ClN3OS/c1-15(2)7-3-4-11(8-12-5-6-13(17)22-12)16(15,21)9-14-18-10-19-20-14/h5-6,8,10,21H,3-4,7,9H2,1-2H3,(H,18,19,20). The molecule has 1 fully saturated rings. The lowest BCUT2D eigenvalue weighted by atomic mass is 9.61. The van der Waals surface area contributed by atoms with Gasteiger partial charge in [0.25, 0.3) is 0 Å². The van der Waals surface area contributed by atoms with Gasteiger partial charge in [-0.2, -0.15) is 5.10 Å². The number of hydrogen-bond donors (Lipinski definition) is 2. The summed E-state index contributed by atoms with van der Waals surface area (Å²) in [6.45, 7) is 4.25. The molecule has 0 saturated heterocycles. The van der Waals surface area contributed by atoms with Gasteiger partial charge in [-0.1, -0.05) is 25.4 Å². The van der Waals surface area contributed by atoms with Crippen molar-refractivity contribution in [3.63, 3.8) is 0 Å². The highest BCUT2D eigenvalue weighted by molar-refractivity contribution is 7.17. The van der Waals surface area contributed by atoms with Gasteiger partial charge in [-0.3, -0.25) is 5.10 Å². The third-order valence-electron chi connectivity index (χ3n) is 4.70. The first-order valence-electron chi connectivity index (χ1n) is 7.44. The van der Waals surface area contributed by atoms with Gasteiger partial charge in [0.1, 0.15) is 12.2 Å². The van der Waals surface area contributed by atoms with E-state index in [9.17, 15) is 5.11 Å². The van der Waals surface area contributed by atoms with Gasteiger partial charge >= 0.3 is 0 Å². The highest BCUT2D eigenvalue weighted by atomic mass is 35.5. The van der Waals surface area contributed by atoms with E-state index in [-0.39, 0.29) is 5.41 Å². The zero-order valence-corrected chi connectivity index (χ0v) is 14.3. The molecule has 2 heterocycles. The van der Waals surface area contributed by atoms with Crippen molar-refractivity contribution in [2.24, 2.45) is 5.41 Å². The minimum Gasteiger partial charge on any atom is -0.384 e. The van der Waals surface area contributed by atoms with Crippen LogP contribution in [0.2, 0.25) is 4.34 Å². The summed E-state index contributed by atoms with van der Waals surface area (Å²) in [5.74, 6) is 0.715. The van der Waals surface area contributed by atoms with Gasteiger partial charge in [-0.15, -0.1) is 11.3 Å². The molecule has 1 aliphatic carbocycles. The molecular formula is C16H20ClN3OS. The molecule has 3 rings (SSSR count). The monoisotopic (exact) mass is 337 g/mol. The Morgan fingerprint density at radius 2 is 2.27 bits per heavy atom. The molecule has 0 bridgehead atoms. The molecule has 1 atom stereocenters. The molecule has 1 unspecified atom stereocenters. The van der Waals surface area contributed by atoms with E-state index in [1.165, 1.54) is 17.7 Å². The average Bonchev–Trinajstić information content (AvgIpc) is 3.07. The van der Waals surface area contributed by atoms with Crippen LogP contribution in [0.15, 0.2) is 24.0 Å². The second kappa shape index (κ2) is 5.80. The highest BCUT2D eigenvalue weighted by Gasteiger charge is 2.48. The molecule has 1 aliphatic rings. The van der Waals surface area contributed by atoms with Crippen LogP contribution in [-0.4, -0.2) is 25.9 Å². The Labute approximate surface area is 139 Å². The number of hydrogen-bond acceptors (Lipinski definition) is 4. The maximum absolute atomic E-state index is 11.5. The first-order valence-corrected chi connectivity index (χ1v) is 8.63. The zero-order chi connectivity index (χ0) is 15.8. The number of thiophene rings is 1. The molecule has 2 N–H and O–H groups in total. The minimum atomic E-state index is -0.929. The molecule has 0 radical (unpaired) electrons. The summed E-state index contributed by atoms with van der Waals surface area (Å²) in [6.07, 6.45) is 6.98. The number of H-pyrrole nitrogens is 1. The van der Waals surface area contributed by atoms with Gasteiger partial charge in [-0.05, 0) is 48.5 Å². The third-order valence-corrected chi connectivity index (χ3v) is 5.88. The first-order chi connectivity index (χ1) is 10.4. The van der Waals surface area contributed by atoms with Crippen LogP contribution in [0, 0.1) is 5.41 Å². The SMILES string of the molecule is CC1(C)CCCC(=Cc2ccc(Cl)s2)C1(O)Cc1ncn[nH]1. The van der Waals surface area contributed by atoms with E-state index in [2.05, 4.69) is 35.1 Å². The van der Waals surface area contributed by atoms with Crippen molar-refractivity contribution < 1.29 is 5.11 Å². The molecular weight excluding hydrogens is 318 g/mol. The van der Waals surface area contributed by atoms with Crippen molar-refractivity contribution in [1.29, 1.82) is 0 Å². The van der Waals surface area contributed by atoms with Crippen LogP contribution in [0.3, 0.4) is 0 Å². The fourth-order valence-corrected chi connectivity index (χ4v) is 4.28. The maximum Gasteiger partial charge on any atom is 0.137 e. The van der Waals surface area contributed by atoms with E-state index in [4.69, 9.17) is 11.6 Å². The largest absolute Gasteiger partial charge is 0.384 e. The van der Waals surface area contributed by atoms with Crippen LogP contribution in [0.5, 0.6) is 0 Å². The predicted molar refractivity (Wildman–Crippen MR) is 90.0 cm³/mol. The summed E-state index contributed by atoms with van der Waals surface area (Å²) in [6, 6.07) is 3.89. The highest BCUT2D eigenvalue weighted by Crippen LogP contribution is 2.49. The zero-order valence-electron chi connectivity index (χ0n) is 12.8. The van der Waals surface area contributed by atoms with E-state index in [1.807, 2.05) is 12.1 Å². The summed E-state index contributed by atoms with van der Waals surface area (Å²) in [5.41, 5.74) is -0.0923. The Balaban J connectivity index is 2.00. The van der Waals surface area contributed by atoms with Gasteiger partial charge in [0.05, 0.1) is 9.94 Å². The number of nitrogens with one attached hydrogen (secondary N) is 1. The Morgan fingerprint density at radius 1 is 1.45 bits per heavy atom. The number of aromatic amines is 1. The maximum atomic E-state index is 11.5. The van der Waals surface area contributed by atoms with E-state index in [0.29, 0.717) is 12.2 Å². The third kappa shape index (κ3) is 2.85. The summed E-state index contributed by atoms with van der Waals surface area (Å²) in [7, 11) is 0. The van der Waals surface area contributed by atoms with Crippen molar-refractivity contribution in [1.82, 2.24) is 15.2 Å². The average molecular weight is 338 g/mol. The molecule has 2 aromatic rings. The van der Waals surface area contributed by atoms with Crippen LogP contribution < -0.4 is 0 Å². The van der Waals surface area contributed by atoms with Crippen molar-refractivity contribution in [2.75, 3.05) is 0 Å². The van der Waals surface area contributed by atoms with E-state index in [1.54, 1.807) is 0 Å². The lowest BCUT2D eigenvalue weighted by molar-refractivity contribution is -0.0555. The smallest absolute Gasteiger partial charge is 0.137 e. The summed E-state index contributed by atoms with van der Waals surface area (Å²) < 4.78 is 0.765. The number of rotatable bonds is 3. The van der Waals surface area contributed by atoms with Crippen LogP contribution >= 0.6 is 22.9 Å². The molecule has 0 aromatic carbocycles. The summed E-state index contributed by atoms with van der Waals surface area (Å²) in [4.78, 5) is 5.27. The van der Waals surface area contributed by atoms with Crippen molar-refractivity contribution in [2.45, 2.75) is 45.1 Å². The van der Waals surface area contributed by atoms with Gasteiger partial charge in [-0.25, -0.2) is 4.98 Å². The normalized spacial score (nSPS) is 26.5. The van der Waals surface area contributed by atoms with Crippen LogP contribution in [0.25, 0.3) is 6.08 Å². The topological polar surface area (TPSA) is 61.8 Å². The minimum absolute atomic E-state index is 0.217. The summed E-state index contributed by atoms with van der Waals surface area (Å²) in [5, 5.41) is 18.3. The second-order valence-corrected chi connectivity index (χ2v) is 8.26. The quantitative estimate of drug-likeness (QED) is 0.886.